The van der Waals surface area contributed by atoms with Gasteiger partial charge >= 0.3 is 5.69 Å². The number of nitrogens with one attached hydrogen (secondary N) is 2. The van der Waals surface area contributed by atoms with Crippen LogP contribution in [0, 0.1) is 0 Å². The average molecular weight is 268 g/mol. The number of hydrogen-bond donors (Lipinski definition) is 2. The lowest BCUT2D eigenvalue weighted by Crippen LogP contribution is -2.41. The highest BCUT2D eigenvalue weighted by Gasteiger charge is 2.07. The summed E-state index contributed by atoms with van der Waals surface area (Å²) >= 11 is 0. The Kier molecular flexibility index (Phi) is 5.05. The van der Waals surface area contributed by atoms with Crippen molar-refractivity contribution >= 4 is 5.91 Å². The summed E-state index contributed by atoms with van der Waals surface area (Å²) in [4.78, 5) is 34.7. The Balaban J connectivity index is 2.67. The van der Waals surface area contributed by atoms with Crippen molar-refractivity contribution in [3.8, 4) is 0 Å². The van der Waals surface area contributed by atoms with E-state index in [0.29, 0.717) is 5.56 Å². The van der Waals surface area contributed by atoms with E-state index >= 15 is 0 Å². The molecule has 0 aliphatic carbocycles. The number of aromatic nitrogens is 2. The Morgan fingerprint density at radius 1 is 1.32 bits per heavy atom. The summed E-state index contributed by atoms with van der Waals surface area (Å²) < 4.78 is 2.39. The van der Waals surface area contributed by atoms with E-state index < -0.39 is 0 Å². The summed E-state index contributed by atoms with van der Waals surface area (Å²) in [5.74, 6) is -0.128. The van der Waals surface area contributed by atoms with Crippen LogP contribution < -0.4 is 21.9 Å². The van der Waals surface area contributed by atoms with Crippen LogP contribution in [0.1, 0.15) is 19.4 Å². The van der Waals surface area contributed by atoms with Crippen molar-refractivity contribution < 1.29 is 4.79 Å². The molecule has 0 radical (unpaired) electrons. The third-order valence-electron chi connectivity index (χ3n) is 2.57. The van der Waals surface area contributed by atoms with Crippen molar-refractivity contribution in [2.75, 3.05) is 6.54 Å². The third-order valence-corrected chi connectivity index (χ3v) is 2.57. The van der Waals surface area contributed by atoms with Crippen LogP contribution in [0.5, 0.6) is 0 Å². The lowest BCUT2D eigenvalue weighted by Gasteiger charge is -2.10. The van der Waals surface area contributed by atoms with E-state index in [1.807, 2.05) is 13.8 Å². The largest absolute Gasteiger partial charge is 0.353 e. The molecule has 0 aliphatic heterocycles. The molecule has 0 atom stereocenters. The van der Waals surface area contributed by atoms with Crippen molar-refractivity contribution in [3.05, 3.63) is 32.6 Å². The maximum absolute atomic E-state index is 11.8. The molecule has 1 heterocycles. The fraction of sp³-hybridized carbons (Fsp3) is 0.583. The highest BCUT2D eigenvalue weighted by molar-refractivity contribution is 5.78. The summed E-state index contributed by atoms with van der Waals surface area (Å²) in [5.41, 5.74) is -0.270. The minimum absolute atomic E-state index is 0.0831. The molecule has 7 heteroatoms. The zero-order valence-corrected chi connectivity index (χ0v) is 11.7. The van der Waals surface area contributed by atoms with E-state index in [4.69, 9.17) is 0 Å². The van der Waals surface area contributed by atoms with Crippen LogP contribution in [-0.2, 0) is 25.4 Å². The van der Waals surface area contributed by atoms with Gasteiger partial charge in [-0.3, -0.25) is 14.2 Å². The van der Waals surface area contributed by atoms with Gasteiger partial charge in [-0.05, 0) is 13.8 Å². The summed E-state index contributed by atoms with van der Waals surface area (Å²) in [6.45, 7) is 4.12. The van der Waals surface area contributed by atoms with Gasteiger partial charge in [0.25, 0.3) is 5.56 Å². The summed E-state index contributed by atoms with van der Waals surface area (Å²) in [6, 6.07) is 0.0831. The number of amides is 1. The predicted molar refractivity (Wildman–Crippen MR) is 71.9 cm³/mol. The molecule has 7 nitrogen and oxygen atoms in total. The van der Waals surface area contributed by atoms with Crippen molar-refractivity contribution in [2.24, 2.45) is 14.1 Å². The lowest BCUT2D eigenvalue weighted by molar-refractivity contribution is -0.120. The van der Waals surface area contributed by atoms with E-state index in [1.165, 1.54) is 17.8 Å². The molecule has 1 amide bonds. The first-order valence-corrected chi connectivity index (χ1v) is 6.08. The summed E-state index contributed by atoms with van der Waals surface area (Å²) in [7, 11) is 3.01. The van der Waals surface area contributed by atoms with E-state index in [9.17, 15) is 14.4 Å². The number of carbonyl (C=O) groups is 1. The van der Waals surface area contributed by atoms with Crippen LogP contribution in [0.3, 0.4) is 0 Å². The molecule has 0 saturated heterocycles. The Morgan fingerprint density at radius 2 is 1.95 bits per heavy atom. The normalized spacial score (nSPS) is 10.8. The molecule has 2 N–H and O–H groups in total. The quantitative estimate of drug-likeness (QED) is 0.695. The van der Waals surface area contributed by atoms with Crippen molar-refractivity contribution in [2.45, 2.75) is 26.4 Å². The Morgan fingerprint density at radius 3 is 2.53 bits per heavy atom. The zero-order chi connectivity index (χ0) is 14.6. The van der Waals surface area contributed by atoms with Crippen LogP contribution in [0.25, 0.3) is 0 Å². The zero-order valence-electron chi connectivity index (χ0n) is 11.7. The number of carbonyl (C=O) groups excluding carboxylic acids is 1. The average Bonchev–Trinajstić information content (AvgIpc) is 2.32. The van der Waals surface area contributed by atoms with E-state index in [-0.39, 0.29) is 36.3 Å². The minimum Gasteiger partial charge on any atom is -0.353 e. The molecule has 0 saturated carbocycles. The first kappa shape index (κ1) is 15.2. The van der Waals surface area contributed by atoms with Gasteiger partial charge in [0.1, 0.15) is 0 Å². The first-order chi connectivity index (χ1) is 8.82. The Bertz CT molecular complexity index is 571. The molecule has 0 spiro atoms. The maximum Gasteiger partial charge on any atom is 0.330 e. The van der Waals surface area contributed by atoms with Gasteiger partial charge < -0.3 is 15.2 Å². The molecule has 1 rings (SSSR count). The van der Waals surface area contributed by atoms with Crippen LogP contribution in [0.2, 0.25) is 0 Å². The maximum atomic E-state index is 11.8. The van der Waals surface area contributed by atoms with Gasteiger partial charge in [0.15, 0.2) is 0 Å². The molecule has 0 aromatic carbocycles. The van der Waals surface area contributed by atoms with Crippen LogP contribution >= 0.6 is 0 Å². The molecule has 0 bridgehead atoms. The predicted octanol–water partition coefficient (Wildman–Crippen LogP) is -1.30. The highest BCUT2D eigenvalue weighted by atomic mass is 16.2. The molecule has 1 aromatic heterocycles. The second-order valence-corrected chi connectivity index (χ2v) is 4.74. The Labute approximate surface area is 111 Å². The Hall–Kier alpha value is -1.89. The van der Waals surface area contributed by atoms with E-state index in [1.54, 1.807) is 7.05 Å². The van der Waals surface area contributed by atoms with Gasteiger partial charge in [-0.2, -0.15) is 0 Å². The molecule has 1 aromatic rings. The molecular weight excluding hydrogens is 248 g/mol. The standard InChI is InChI=1S/C12H20N4O3/c1-8(2)14-10(17)6-13-5-9-7-15(3)12(19)16(4)11(9)18/h7-8,13H,5-6H2,1-4H3,(H,14,17). The smallest absolute Gasteiger partial charge is 0.330 e. The fourth-order valence-corrected chi connectivity index (χ4v) is 1.69. The van der Waals surface area contributed by atoms with Crippen LogP contribution in [0.15, 0.2) is 15.8 Å². The second-order valence-electron chi connectivity index (χ2n) is 4.74. The number of aryl methyl sites for hydroxylation is 1. The SMILES string of the molecule is CC(C)NC(=O)CNCc1cn(C)c(=O)n(C)c1=O. The molecular formula is C12H20N4O3. The number of rotatable bonds is 5. The van der Waals surface area contributed by atoms with Gasteiger partial charge in [-0.1, -0.05) is 0 Å². The monoisotopic (exact) mass is 268 g/mol. The van der Waals surface area contributed by atoms with Crippen molar-refractivity contribution in [1.29, 1.82) is 0 Å². The van der Waals surface area contributed by atoms with Gasteiger partial charge in [0.05, 0.1) is 6.54 Å². The fourth-order valence-electron chi connectivity index (χ4n) is 1.69. The molecule has 19 heavy (non-hydrogen) atoms. The lowest BCUT2D eigenvalue weighted by atomic mass is 10.3. The number of hydrogen-bond acceptors (Lipinski definition) is 4. The van der Waals surface area contributed by atoms with Crippen LogP contribution in [0.4, 0.5) is 0 Å². The number of nitrogens with zero attached hydrogens (tertiary/aromatic N) is 2. The topological polar surface area (TPSA) is 85.1 Å². The van der Waals surface area contributed by atoms with Crippen LogP contribution in [-0.4, -0.2) is 27.6 Å². The van der Waals surface area contributed by atoms with Gasteiger partial charge in [-0.25, -0.2) is 4.79 Å². The van der Waals surface area contributed by atoms with Gasteiger partial charge in [0, 0.05) is 38.4 Å². The minimum atomic E-state index is -0.369. The molecule has 0 fully saturated rings. The third kappa shape index (κ3) is 4.06. The van der Waals surface area contributed by atoms with Crippen molar-refractivity contribution in [3.63, 3.8) is 0 Å². The summed E-state index contributed by atoms with van der Waals surface area (Å²) in [5, 5.41) is 5.62. The highest BCUT2D eigenvalue weighted by Crippen LogP contribution is 1.87. The van der Waals surface area contributed by atoms with E-state index in [0.717, 1.165) is 4.57 Å². The van der Waals surface area contributed by atoms with Crippen molar-refractivity contribution in [1.82, 2.24) is 19.8 Å². The van der Waals surface area contributed by atoms with E-state index in [2.05, 4.69) is 10.6 Å². The molecule has 0 unspecified atom stereocenters. The van der Waals surface area contributed by atoms with Gasteiger partial charge in [0.2, 0.25) is 5.91 Å². The first-order valence-electron chi connectivity index (χ1n) is 6.08. The van der Waals surface area contributed by atoms with Gasteiger partial charge in [-0.15, -0.1) is 0 Å². The molecule has 0 aliphatic rings. The molecule has 106 valence electrons. The second kappa shape index (κ2) is 6.33. The summed E-state index contributed by atoms with van der Waals surface area (Å²) in [6.07, 6.45) is 1.48.